The summed E-state index contributed by atoms with van der Waals surface area (Å²) < 4.78 is 10.5. The van der Waals surface area contributed by atoms with Crippen LogP contribution in [-0.2, 0) is 19.1 Å². The van der Waals surface area contributed by atoms with Crippen LogP contribution < -0.4 is 5.32 Å². The summed E-state index contributed by atoms with van der Waals surface area (Å²) in [6.45, 7) is 2.95. The molecule has 0 unspecified atom stereocenters. The van der Waals surface area contributed by atoms with Crippen molar-refractivity contribution >= 4 is 11.9 Å². The van der Waals surface area contributed by atoms with Crippen molar-refractivity contribution in [3.63, 3.8) is 0 Å². The van der Waals surface area contributed by atoms with E-state index in [1.54, 1.807) is 0 Å². The quantitative estimate of drug-likeness (QED) is 0.783. The molecule has 1 saturated carbocycles. The van der Waals surface area contributed by atoms with Crippen molar-refractivity contribution in [1.82, 2.24) is 5.32 Å². The molecule has 1 saturated heterocycles. The Morgan fingerprint density at radius 3 is 2.74 bits per heavy atom. The van der Waals surface area contributed by atoms with Crippen molar-refractivity contribution in [2.24, 2.45) is 5.92 Å². The highest BCUT2D eigenvalue weighted by molar-refractivity contribution is 5.83. The lowest BCUT2D eigenvalue weighted by Crippen LogP contribution is -2.58. The first kappa shape index (κ1) is 14.3. The number of carboxylic acid groups (broad SMARTS) is 1. The number of rotatable bonds is 3. The second-order valence-electron chi connectivity index (χ2n) is 5.48. The molecule has 0 spiro atoms. The van der Waals surface area contributed by atoms with Crippen LogP contribution in [0.25, 0.3) is 0 Å². The first-order valence-electron chi connectivity index (χ1n) is 6.77. The molecule has 0 aromatic rings. The maximum atomic E-state index is 12.1. The molecule has 0 radical (unpaired) electrons. The van der Waals surface area contributed by atoms with E-state index in [2.05, 4.69) is 5.32 Å². The molecule has 0 aromatic carbocycles. The van der Waals surface area contributed by atoms with Crippen LogP contribution in [0.1, 0.15) is 32.6 Å². The van der Waals surface area contributed by atoms with Gasteiger partial charge in [-0.2, -0.15) is 0 Å². The highest BCUT2D eigenvalue weighted by Gasteiger charge is 2.43. The molecule has 2 fully saturated rings. The maximum absolute atomic E-state index is 12.1. The zero-order chi connectivity index (χ0) is 13.9. The van der Waals surface area contributed by atoms with Crippen molar-refractivity contribution in [1.29, 1.82) is 0 Å². The number of carbonyl (C=O) groups is 2. The molecule has 2 rings (SSSR count). The first-order chi connectivity index (χ1) is 9.03. The Kier molecular flexibility index (Phi) is 4.42. The van der Waals surface area contributed by atoms with Gasteiger partial charge in [-0.05, 0) is 19.8 Å². The second kappa shape index (κ2) is 5.88. The maximum Gasteiger partial charge on any atom is 0.308 e. The third kappa shape index (κ3) is 3.25. The van der Waals surface area contributed by atoms with Gasteiger partial charge in [-0.3, -0.25) is 9.59 Å². The number of aliphatic carboxylic acids is 1. The zero-order valence-electron chi connectivity index (χ0n) is 11.2. The summed E-state index contributed by atoms with van der Waals surface area (Å²) in [5.41, 5.74) is -0.692. The third-order valence-electron chi connectivity index (χ3n) is 4.02. The monoisotopic (exact) mass is 271 g/mol. The number of hydrogen-bond donors (Lipinski definition) is 2. The number of hydrogen-bond acceptors (Lipinski definition) is 4. The summed E-state index contributed by atoms with van der Waals surface area (Å²) in [5.74, 6) is -1.65. The lowest BCUT2D eigenvalue weighted by atomic mass is 9.74. The molecule has 1 aliphatic heterocycles. The van der Waals surface area contributed by atoms with E-state index in [9.17, 15) is 14.7 Å². The molecule has 6 nitrogen and oxygen atoms in total. The Bertz CT molecular complexity index is 353. The van der Waals surface area contributed by atoms with E-state index in [1.165, 1.54) is 0 Å². The molecule has 6 heteroatoms. The SMILES string of the molecule is C[C@]1(NC(=O)[C@H]2COCCO2)CCCC[C@@H]1C(=O)O. The Labute approximate surface area is 112 Å². The van der Waals surface area contributed by atoms with Gasteiger partial charge in [0.2, 0.25) is 0 Å². The van der Waals surface area contributed by atoms with Gasteiger partial charge in [-0.25, -0.2) is 0 Å². The molecular formula is C13H21NO5. The lowest BCUT2D eigenvalue weighted by Gasteiger charge is -2.40. The second-order valence-corrected chi connectivity index (χ2v) is 5.48. The lowest BCUT2D eigenvalue weighted by molar-refractivity contribution is -0.153. The van der Waals surface area contributed by atoms with Crippen LogP contribution in [-0.4, -0.2) is 48.4 Å². The minimum atomic E-state index is -0.844. The summed E-state index contributed by atoms with van der Waals surface area (Å²) in [4.78, 5) is 23.5. The average molecular weight is 271 g/mol. The predicted octanol–water partition coefficient (Wildman–Crippen LogP) is 0.551. The van der Waals surface area contributed by atoms with Gasteiger partial charge in [0, 0.05) is 0 Å². The van der Waals surface area contributed by atoms with Crippen LogP contribution in [0.5, 0.6) is 0 Å². The molecule has 1 amide bonds. The number of carbonyl (C=O) groups excluding carboxylic acids is 1. The molecule has 2 aliphatic rings. The van der Waals surface area contributed by atoms with Gasteiger partial charge in [0.1, 0.15) is 0 Å². The summed E-state index contributed by atoms with van der Waals surface area (Å²) in [6, 6.07) is 0. The van der Waals surface area contributed by atoms with E-state index in [0.29, 0.717) is 26.1 Å². The Morgan fingerprint density at radius 1 is 1.32 bits per heavy atom. The van der Waals surface area contributed by atoms with Crippen LogP contribution in [0.2, 0.25) is 0 Å². The average Bonchev–Trinajstić information content (AvgIpc) is 2.39. The fourth-order valence-electron chi connectivity index (χ4n) is 2.88. The summed E-state index contributed by atoms with van der Waals surface area (Å²) >= 11 is 0. The van der Waals surface area contributed by atoms with Gasteiger partial charge in [0.25, 0.3) is 5.91 Å². The van der Waals surface area contributed by atoms with Gasteiger partial charge in [-0.1, -0.05) is 12.8 Å². The van der Waals surface area contributed by atoms with Crippen molar-refractivity contribution in [3.05, 3.63) is 0 Å². The van der Waals surface area contributed by atoms with E-state index in [4.69, 9.17) is 9.47 Å². The van der Waals surface area contributed by atoms with Crippen molar-refractivity contribution < 1.29 is 24.2 Å². The number of ether oxygens (including phenoxy) is 2. The van der Waals surface area contributed by atoms with E-state index in [0.717, 1.165) is 12.8 Å². The smallest absolute Gasteiger partial charge is 0.308 e. The molecular weight excluding hydrogens is 250 g/mol. The number of nitrogens with one attached hydrogen (secondary N) is 1. The fraction of sp³-hybridized carbons (Fsp3) is 0.846. The standard InChI is InChI=1S/C13H21NO5/c1-13(5-3-2-4-9(13)12(16)17)14-11(15)10-8-18-6-7-19-10/h9-10H,2-8H2,1H3,(H,14,15)(H,16,17)/t9-,10-,13+/m1/s1. The van der Waals surface area contributed by atoms with E-state index in [1.807, 2.05) is 6.92 Å². The molecule has 1 heterocycles. The highest BCUT2D eigenvalue weighted by Crippen LogP contribution is 2.34. The molecule has 2 N–H and O–H groups in total. The fourth-order valence-corrected chi connectivity index (χ4v) is 2.88. The molecule has 0 aromatic heterocycles. The Balaban J connectivity index is 2.01. The largest absolute Gasteiger partial charge is 0.481 e. The molecule has 1 aliphatic carbocycles. The summed E-state index contributed by atoms with van der Waals surface area (Å²) in [7, 11) is 0. The third-order valence-corrected chi connectivity index (χ3v) is 4.02. The van der Waals surface area contributed by atoms with E-state index < -0.39 is 23.5 Å². The zero-order valence-corrected chi connectivity index (χ0v) is 11.2. The predicted molar refractivity (Wildman–Crippen MR) is 66.7 cm³/mol. The van der Waals surface area contributed by atoms with E-state index >= 15 is 0 Å². The van der Waals surface area contributed by atoms with Crippen LogP contribution in [0.3, 0.4) is 0 Å². The molecule has 19 heavy (non-hydrogen) atoms. The van der Waals surface area contributed by atoms with Gasteiger partial charge >= 0.3 is 5.97 Å². The molecule has 3 atom stereocenters. The summed E-state index contributed by atoms with van der Waals surface area (Å²) in [5, 5.41) is 12.2. The Morgan fingerprint density at radius 2 is 2.11 bits per heavy atom. The topological polar surface area (TPSA) is 84.9 Å². The van der Waals surface area contributed by atoms with Crippen LogP contribution in [0.15, 0.2) is 0 Å². The first-order valence-corrected chi connectivity index (χ1v) is 6.77. The van der Waals surface area contributed by atoms with Gasteiger partial charge in [0.05, 0.1) is 31.3 Å². The Hall–Kier alpha value is -1.14. The molecule has 108 valence electrons. The number of amides is 1. The normalized spacial score (nSPS) is 35.6. The van der Waals surface area contributed by atoms with Gasteiger partial charge in [0.15, 0.2) is 6.10 Å². The van der Waals surface area contributed by atoms with Crippen molar-refractivity contribution in [3.8, 4) is 0 Å². The minimum absolute atomic E-state index is 0.236. The van der Waals surface area contributed by atoms with Crippen molar-refractivity contribution in [2.45, 2.75) is 44.2 Å². The van der Waals surface area contributed by atoms with Gasteiger partial charge in [-0.15, -0.1) is 0 Å². The molecule has 0 bridgehead atoms. The van der Waals surface area contributed by atoms with Crippen LogP contribution in [0.4, 0.5) is 0 Å². The van der Waals surface area contributed by atoms with Crippen molar-refractivity contribution in [2.75, 3.05) is 19.8 Å². The van der Waals surface area contributed by atoms with E-state index in [-0.39, 0.29) is 12.5 Å². The van der Waals surface area contributed by atoms with Crippen LogP contribution in [0, 0.1) is 5.92 Å². The number of carboxylic acids is 1. The summed E-state index contributed by atoms with van der Waals surface area (Å²) in [6.07, 6.45) is 2.49. The van der Waals surface area contributed by atoms with Crippen LogP contribution >= 0.6 is 0 Å². The van der Waals surface area contributed by atoms with Gasteiger partial charge < -0.3 is 19.9 Å². The minimum Gasteiger partial charge on any atom is -0.481 e. The highest BCUT2D eigenvalue weighted by atomic mass is 16.6.